The third-order valence-corrected chi connectivity index (χ3v) is 3.29. The second-order valence-electron chi connectivity index (χ2n) is 4.95. The van der Waals surface area contributed by atoms with Gasteiger partial charge in [-0.25, -0.2) is 0 Å². The van der Waals surface area contributed by atoms with Gasteiger partial charge in [0.25, 0.3) is 0 Å². The van der Waals surface area contributed by atoms with Crippen LogP contribution < -0.4 is 11.1 Å². The van der Waals surface area contributed by atoms with Crippen molar-refractivity contribution in [2.75, 3.05) is 13.2 Å². The molecule has 0 saturated heterocycles. The maximum absolute atomic E-state index is 11.8. The number of hydrogen-bond donors (Lipinski definition) is 3. The zero-order valence-electron chi connectivity index (χ0n) is 10.2. The first-order valence-corrected chi connectivity index (χ1v) is 6.27. The van der Waals surface area contributed by atoms with Gasteiger partial charge in [-0.15, -0.1) is 0 Å². The molecule has 0 bridgehead atoms. The summed E-state index contributed by atoms with van der Waals surface area (Å²) in [5.74, 6) is 0.360. The van der Waals surface area contributed by atoms with E-state index in [-0.39, 0.29) is 12.5 Å². The number of unbranched alkanes of at least 4 members (excludes halogenated alkanes) is 3. The molecule has 0 aromatic heterocycles. The first kappa shape index (κ1) is 13.5. The fourth-order valence-corrected chi connectivity index (χ4v) is 1.85. The molecule has 4 N–H and O–H groups in total. The zero-order valence-corrected chi connectivity index (χ0v) is 10.2. The van der Waals surface area contributed by atoms with Crippen molar-refractivity contribution in [1.82, 2.24) is 5.32 Å². The highest BCUT2D eigenvalue weighted by atomic mass is 16.2. The maximum atomic E-state index is 11.8. The van der Waals surface area contributed by atoms with Crippen LogP contribution in [0.1, 0.15) is 45.4 Å². The fraction of sp³-hybridized carbons (Fsp3) is 0.917. The van der Waals surface area contributed by atoms with Gasteiger partial charge in [0, 0.05) is 13.2 Å². The van der Waals surface area contributed by atoms with Crippen molar-refractivity contribution in [3.8, 4) is 0 Å². The molecule has 94 valence electrons. The van der Waals surface area contributed by atoms with Crippen LogP contribution in [0.25, 0.3) is 0 Å². The third kappa shape index (κ3) is 4.10. The Morgan fingerprint density at radius 2 is 2.00 bits per heavy atom. The Morgan fingerprint density at radius 1 is 1.38 bits per heavy atom. The predicted octanol–water partition coefficient (Wildman–Crippen LogP) is 0.783. The topological polar surface area (TPSA) is 75.4 Å². The fourth-order valence-electron chi connectivity index (χ4n) is 1.85. The molecule has 1 unspecified atom stereocenters. The lowest BCUT2D eigenvalue weighted by Gasteiger charge is -2.23. The molecule has 0 radical (unpaired) electrons. The van der Waals surface area contributed by atoms with Crippen molar-refractivity contribution in [3.63, 3.8) is 0 Å². The average molecular weight is 228 g/mol. The van der Waals surface area contributed by atoms with Crippen LogP contribution in [0.5, 0.6) is 0 Å². The monoisotopic (exact) mass is 228 g/mol. The highest BCUT2D eigenvalue weighted by molar-refractivity contribution is 5.86. The second-order valence-corrected chi connectivity index (χ2v) is 4.95. The number of amides is 1. The van der Waals surface area contributed by atoms with Gasteiger partial charge in [0.1, 0.15) is 0 Å². The van der Waals surface area contributed by atoms with Gasteiger partial charge < -0.3 is 16.2 Å². The molecule has 0 aliphatic heterocycles. The van der Waals surface area contributed by atoms with Gasteiger partial charge in [-0.1, -0.05) is 12.8 Å². The molecule has 1 amide bonds. The van der Waals surface area contributed by atoms with Crippen LogP contribution in [0.2, 0.25) is 0 Å². The van der Waals surface area contributed by atoms with E-state index in [2.05, 4.69) is 5.32 Å². The van der Waals surface area contributed by atoms with Crippen molar-refractivity contribution in [3.05, 3.63) is 0 Å². The van der Waals surface area contributed by atoms with Gasteiger partial charge in [0.05, 0.1) is 5.54 Å². The Kier molecular flexibility index (Phi) is 5.22. The SMILES string of the molecule is CC(N)(C(=O)NCCCCCCO)C1CC1. The summed E-state index contributed by atoms with van der Waals surface area (Å²) < 4.78 is 0. The number of rotatable bonds is 8. The van der Waals surface area contributed by atoms with E-state index >= 15 is 0 Å². The quantitative estimate of drug-likeness (QED) is 0.537. The van der Waals surface area contributed by atoms with E-state index in [9.17, 15) is 4.79 Å². The van der Waals surface area contributed by atoms with E-state index in [0.717, 1.165) is 38.5 Å². The summed E-state index contributed by atoms with van der Waals surface area (Å²) in [5, 5.41) is 11.5. The molecule has 4 nitrogen and oxygen atoms in total. The van der Waals surface area contributed by atoms with Gasteiger partial charge in [-0.2, -0.15) is 0 Å². The number of carbonyl (C=O) groups excluding carboxylic acids is 1. The van der Waals surface area contributed by atoms with Crippen molar-refractivity contribution < 1.29 is 9.90 Å². The highest BCUT2D eigenvalue weighted by Gasteiger charge is 2.43. The van der Waals surface area contributed by atoms with Crippen LogP contribution in [-0.4, -0.2) is 29.7 Å². The Bertz CT molecular complexity index is 225. The lowest BCUT2D eigenvalue weighted by Crippen LogP contribution is -2.53. The van der Waals surface area contributed by atoms with Gasteiger partial charge in [0.15, 0.2) is 0 Å². The van der Waals surface area contributed by atoms with Crippen molar-refractivity contribution >= 4 is 5.91 Å². The number of aliphatic hydroxyl groups is 1. The minimum Gasteiger partial charge on any atom is -0.396 e. The van der Waals surface area contributed by atoms with Gasteiger partial charge in [-0.3, -0.25) is 4.79 Å². The number of aliphatic hydroxyl groups excluding tert-OH is 1. The second kappa shape index (κ2) is 6.21. The summed E-state index contributed by atoms with van der Waals surface area (Å²) in [6.07, 6.45) is 6.05. The Balaban J connectivity index is 2.06. The zero-order chi connectivity index (χ0) is 12.0. The summed E-state index contributed by atoms with van der Waals surface area (Å²) >= 11 is 0. The molecule has 0 heterocycles. The van der Waals surface area contributed by atoms with Crippen LogP contribution in [-0.2, 0) is 4.79 Å². The Morgan fingerprint density at radius 3 is 2.56 bits per heavy atom. The minimum atomic E-state index is -0.675. The first-order chi connectivity index (χ1) is 7.59. The van der Waals surface area contributed by atoms with E-state index in [1.165, 1.54) is 0 Å². The molecule has 1 saturated carbocycles. The van der Waals surface area contributed by atoms with Crippen LogP contribution in [0, 0.1) is 5.92 Å². The molecule has 1 fully saturated rings. The van der Waals surface area contributed by atoms with E-state index in [4.69, 9.17) is 10.8 Å². The molecular weight excluding hydrogens is 204 g/mol. The standard InChI is InChI=1S/C12H24N2O2/c1-12(13,10-6-7-10)11(16)14-8-4-2-3-5-9-15/h10,15H,2-9,13H2,1H3,(H,14,16). The smallest absolute Gasteiger partial charge is 0.240 e. The molecule has 4 heteroatoms. The third-order valence-electron chi connectivity index (χ3n) is 3.29. The number of carbonyl (C=O) groups is 1. The first-order valence-electron chi connectivity index (χ1n) is 6.27. The summed E-state index contributed by atoms with van der Waals surface area (Å²) in [4.78, 5) is 11.8. The number of hydrogen-bond acceptors (Lipinski definition) is 3. The number of nitrogens with one attached hydrogen (secondary N) is 1. The molecule has 1 aliphatic carbocycles. The van der Waals surface area contributed by atoms with Crippen molar-refractivity contribution in [1.29, 1.82) is 0 Å². The van der Waals surface area contributed by atoms with Crippen LogP contribution >= 0.6 is 0 Å². The molecule has 1 rings (SSSR count). The Labute approximate surface area is 97.6 Å². The molecule has 0 aromatic carbocycles. The minimum absolute atomic E-state index is 0.0165. The highest BCUT2D eigenvalue weighted by Crippen LogP contribution is 2.38. The van der Waals surface area contributed by atoms with E-state index in [0.29, 0.717) is 12.5 Å². The molecule has 1 aliphatic rings. The van der Waals surface area contributed by atoms with Crippen LogP contribution in [0.3, 0.4) is 0 Å². The maximum Gasteiger partial charge on any atom is 0.240 e. The van der Waals surface area contributed by atoms with Gasteiger partial charge in [-0.05, 0) is 38.5 Å². The number of nitrogens with two attached hydrogens (primary N) is 1. The predicted molar refractivity (Wildman–Crippen MR) is 63.9 cm³/mol. The van der Waals surface area contributed by atoms with Crippen LogP contribution in [0.15, 0.2) is 0 Å². The summed E-state index contributed by atoms with van der Waals surface area (Å²) in [7, 11) is 0. The summed E-state index contributed by atoms with van der Waals surface area (Å²) in [6.45, 7) is 2.78. The summed E-state index contributed by atoms with van der Waals surface area (Å²) in [5.41, 5.74) is 5.31. The average Bonchev–Trinajstić information content (AvgIpc) is 3.06. The lowest BCUT2D eigenvalue weighted by atomic mass is 9.96. The molecule has 1 atom stereocenters. The molecule has 0 aromatic rings. The molecular formula is C12H24N2O2. The van der Waals surface area contributed by atoms with Crippen LogP contribution in [0.4, 0.5) is 0 Å². The van der Waals surface area contributed by atoms with E-state index in [1.54, 1.807) is 0 Å². The van der Waals surface area contributed by atoms with E-state index < -0.39 is 5.54 Å². The normalized spacial score (nSPS) is 19.2. The van der Waals surface area contributed by atoms with Gasteiger partial charge >= 0.3 is 0 Å². The van der Waals surface area contributed by atoms with Crippen molar-refractivity contribution in [2.45, 2.75) is 51.0 Å². The lowest BCUT2D eigenvalue weighted by molar-refractivity contribution is -0.126. The molecule has 16 heavy (non-hydrogen) atoms. The molecule has 0 spiro atoms. The van der Waals surface area contributed by atoms with Gasteiger partial charge in [0.2, 0.25) is 5.91 Å². The Hall–Kier alpha value is -0.610. The van der Waals surface area contributed by atoms with E-state index in [1.807, 2.05) is 6.92 Å². The van der Waals surface area contributed by atoms with Crippen molar-refractivity contribution in [2.24, 2.45) is 11.7 Å². The summed E-state index contributed by atoms with van der Waals surface area (Å²) in [6, 6.07) is 0. The largest absolute Gasteiger partial charge is 0.396 e.